The molecule has 0 bridgehead atoms. The van der Waals surface area contributed by atoms with Crippen LogP contribution in [-0.2, 0) is 16.6 Å². The molecule has 6 heteroatoms. The summed E-state index contributed by atoms with van der Waals surface area (Å²) in [4.78, 5) is 0.296. The van der Waals surface area contributed by atoms with Crippen molar-refractivity contribution in [2.24, 2.45) is 5.73 Å². The highest BCUT2D eigenvalue weighted by atomic mass is 32.2. The van der Waals surface area contributed by atoms with Gasteiger partial charge < -0.3 is 5.73 Å². The van der Waals surface area contributed by atoms with Gasteiger partial charge in [0, 0.05) is 17.8 Å². The number of nitrogens with one attached hydrogen (secondary N) is 1. The SMILES string of the molecule is CSC1(CNS(=O)(=O)c2ccccc2CN)CC1. The van der Waals surface area contributed by atoms with Gasteiger partial charge in [0.1, 0.15) is 0 Å². The molecular weight excluding hydrogens is 268 g/mol. The molecule has 0 amide bonds. The molecule has 1 saturated carbocycles. The van der Waals surface area contributed by atoms with Crippen LogP contribution in [0.5, 0.6) is 0 Å². The van der Waals surface area contributed by atoms with E-state index in [1.54, 1.807) is 36.0 Å². The Balaban J connectivity index is 2.15. The van der Waals surface area contributed by atoms with Crippen molar-refractivity contribution in [2.45, 2.75) is 29.0 Å². The predicted octanol–water partition coefficient (Wildman–Crippen LogP) is 1.32. The van der Waals surface area contributed by atoms with Crippen LogP contribution in [-0.4, -0.2) is 26.0 Å². The monoisotopic (exact) mass is 286 g/mol. The van der Waals surface area contributed by atoms with Crippen molar-refractivity contribution in [1.82, 2.24) is 4.72 Å². The van der Waals surface area contributed by atoms with Crippen LogP contribution in [0.2, 0.25) is 0 Å². The molecule has 0 saturated heterocycles. The second-order valence-corrected chi connectivity index (χ2v) is 7.53. The molecule has 0 aliphatic heterocycles. The highest BCUT2D eigenvalue weighted by molar-refractivity contribution is 8.00. The Labute approximate surface area is 112 Å². The summed E-state index contributed by atoms with van der Waals surface area (Å²) in [6.07, 6.45) is 4.18. The molecule has 1 aromatic rings. The van der Waals surface area contributed by atoms with Crippen LogP contribution in [0.25, 0.3) is 0 Å². The first-order valence-electron chi connectivity index (χ1n) is 5.86. The van der Waals surface area contributed by atoms with Gasteiger partial charge in [0.25, 0.3) is 0 Å². The topological polar surface area (TPSA) is 72.2 Å². The molecule has 4 nitrogen and oxygen atoms in total. The Morgan fingerprint density at radius 3 is 2.61 bits per heavy atom. The summed E-state index contributed by atoms with van der Waals surface area (Å²) < 4.78 is 27.3. The van der Waals surface area contributed by atoms with Crippen LogP contribution in [0.15, 0.2) is 29.2 Å². The Hall–Kier alpha value is -0.560. The van der Waals surface area contributed by atoms with E-state index in [1.165, 1.54) is 0 Å². The van der Waals surface area contributed by atoms with Crippen molar-refractivity contribution in [3.63, 3.8) is 0 Å². The number of thioether (sulfide) groups is 1. The maximum Gasteiger partial charge on any atom is 0.240 e. The van der Waals surface area contributed by atoms with Crippen molar-refractivity contribution in [1.29, 1.82) is 0 Å². The fourth-order valence-electron chi connectivity index (χ4n) is 1.83. The summed E-state index contributed by atoms with van der Waals surface area (Å²) in [5.41, 5.74) is 6.22. The minimum absolute atomic E-state index is 0.116. The third-order valence-corrected chi connectivity index (χ3v) is 6.23. The average molecular weight is 286 g/mol. The average Bonchev–Trinajstić information content (AvgIpc) is 3.17. The molecule has 0 spiro atoms. The van der Waals surface area contributed by atoms with E-state index in [-0.39, 0.29) is 11.3 Å². The Morgan fingerprint density at radius 1 is 1.39 bits per heavy atom. The van der Waals surface area contributed by atoms with Crippen LogP contribution in [0.3, 0.4) is 0 Å². The first-order chi connectivity index (χ1) is 8.53. The number of nitrogens with two attached hydrogens (primary N) is 1. The molecule has 1 aromatic carbocycles. The van der Waals surface area contributed by atoms with Crippen molar-refractivity contribution >= 4 is 21.8 Å². The molecule has 18 heavy (non-hydrogen) atoms. The molecule has 100 valence electrons. The van der Waals surface area contributed by atoms with Crippen molar-refractivity contribution < 1.29 is 8.42 Å². The van der Waals surface area contributed by atoms with Crippen LogP contribution in [0.1, 0.15) is 18.4 Å². The summed E-state index contributed by atoms with van der Waals surface area (Å²) in [5, 5.41) is 0. The van der Waals surface area contributed by atoms with Gasteiger partial charge in [-0.25, -0.2) is 13.1 Å². The van der Waals surface area contributed by atoms with E-state index in [9.17, 15) is 8.42 Å². The molecule has 0 radical (unpaired) electrons. The van der Waals surface area contributed by atoms with Gasteiger partial charge in [-0.2, -0.15) is 11.8 Å². The standard InChI is InChI=1S/C12H18N2O2S2/c1-17-12(6-7-12)9-14-18(15,16)11-5-3-2-4-10(11)8-13/h2-5,14H,6-9,13H2,1H3. The lowest BCUT2D eigenvalue weighted by Crippen LogP contribution is -2.32. The highest BCUT2D eigenvalue weighted by Crippen LogP contribution is 2.46. The van der Waals surface area contributed by atoms with E-state index in [0.29, 0.717) is 17.0 Å². The fraction of sp³-hybridized carbons (Fsp3) is 0.500. The minimum Gasteiger partial charge on any atom is -0.326 e. The first-order valence-corrected chi connectivity index (χ1v) is 8.57. The number of rotatable bonds is 6. The normalized spacial score (nSPS) is 17.7. The quantitative estimate of drug-likeness (QED) is 0.827. The van der Waals surface area contributed by atoms with E-state index in [0.717, 1.165) is 12.8 Å². The van der Waals surface area contributed by atoms with E-state index in [2.05, 4.69) is 4.72 Å². The molecular formula is C12H18N2O2S2. The third kappa shape index (κ3) is 2.88. The van der Waals surface area contributed by atoms with Crippen molar-refractivity contribution in [2.75, 3.05) is 12.8 Å². The molecule has 1 fully saturated rings. The number of benzene rings is 1. The van der Waals surface area contributed by atoms with E-state index < -0.39 is 10.0 Å². The number of hydrogen-bond donors (Lipinski definition) is 2. The zero-order valence-corrected chi connectivity index (χ0v) is 12.0. The molecule has 3 N–H and O–H groups in total. The van der Waals surface area contributed by atoms with Gasteiger partial charge in [0.05, 0.1) is 4.90 Å². The zero-order valence-electron chi connectivity index (χ0n) is 10.3. The van der Waals surface area contributed by atoms with Crippen LogP contribution in [0, 0.1) is 0 Å². The van der Waals surface area contributed by atoms with Gasteiger partial charge in [-0.15, -0.1) is 0 Å². The maximum atomic E-state index is 12.2. The molecule has 2 rings (SSSR count). The van der Waals surface area contributed by atoms with Gasteiger partial charge in [0.2, 0.25) is 10.0 Å². The summed E-state index contributed by atoms with van der Waals surface area (Å²) in [6.45, 7) is 0.722. The third-order valence-electron chi connectivity index (χ3n) is 3.31. The van der Waals surface area contributed by atoms with Crippen LogP contribution >= 0.6 is 11.8 Å². The van der Waals surface area contributed by atoms with E-state index in [4.69, 9.17) is 5.73 Å². The van der Waals surface area contributed by atoms with Gasteiger partial charge >= 0.3 is 0 Å². The van der Waals surface area contributed by atoms with E-state index >= 15 is 0 Å². The minimum atomic E-state index is -3.45. The lowest BCUT2D eigenvalue weighted by Gasteiger charge is -2.15. The smallest absolute Gasteiger partial charge is 0.240 e. The molecule has 0 atom stereocenters. The summed E-state index contributed by atoms with van der Waals surface area (Å²) in [5.74, 6) is 0. The summed E-state index contributed by atoms with van der Waals surface area (Å²) in [6, 6.07) is 6.86. The summed E-state index contributed by atoms with van der Waals surface area (Å²) in [7, 11) is -3.45. The van der Waals surface area contributed by atoms with Crippen LogP contribution in [0.4, 0.5) is 0 Å². The Kier molecular flexibility index (Phi) is 4.01. The fourth-order valence-corrected chi connectivity index (χ4v) is 4.03. The first kappa shape index (κ1) is 13.9. The molecule has 1 aliphatic carbocycles. The highest BCUT2D eigenvalue weighted by Gasteiger charge is 2.42. The number of sulfonamides is 1. The molecule has 0 aromatic heterocycles. The molecule has 0 heterocycles. The van der Waals surface area contributed by atoms with Gasteiger partial charge in [-0.1, -0.05) is 18.2 Å². The predicted molar refractivity (Wildman–Crippen MR) is 75.0 cm³/mol. The van der Waals surface area contributed by atoms with E-state index in [1.807, 2.05) is 6.26 Å². The van der Waals surface area contributed by atoms with Gasteiger partial charge in [-0.3, -0.25) is 0 Å². The Morgan fingerprint density at radius 2 is 2.06 bits per heavy atom. The lowest BCUT2D eigenvalue weighted by molar-refractivity contribution is 0.578. The van der Waals surface area contributed by atoms with Crippen molar-refractivity contribution in [3.05, 3.63) is 29.8 Å². The maximum absolute atomic E-state index is 12.2. The Bertz CT molecular complexity index is 525. The second-order valence-electron chi connectivity index (χ2n) is 4.52. The zero-order chi connectivity index (χ0) is 13.2. The van der Waals surface area contributed by atoms with Crippen LogP contribution < -0.4 is 10.5 Å². The molecule has 1 aliphatic rings. The summed E-state index contributed by atoms with van der Waals surface area (Å²) >= 11 is 1.73. The largest absolute Gasteiger partial charge is 0.326 e. The van der Waals surface area contributed by atoms with Gasteiger partial charge in [0.15, 0.2) is 0 Å². The molecule has 0 unspecified atom stereocenters. The second kappa shape index (κ2) is 5.21. The van der Waals surface area contributed by atoms with Gasteiger partial charge in [-0.05, 0) is 30.7 Å². The van der Waals surface area contributed by atoms with Crippen molar-refractivity contribution in [3.8, 4) is 0 Å². The number of hydrogen-bond acceptors (Lipinski definition) is 4. The lowest BCUT2D eigenvalue weighted by atomic mass is 10.2.